The Labute approximate surface area is 386 Å². The van der Waals surface area contributed by atoms with Gasteiger partial charge in [-0.25, -0.2) is 14.9 Å². The molecule has 0 unspecified atom stereocenters. The Kier molecular flexibility index (Phi) is 11.1. The van der Waals surface area contributed by atoms with Gasteiger partial charge in [0.25, 0.3) is 0 Å². The van der Waals surface area contributed by atoms with Crippen molar-refractivity contribution in [2.75, 3.05) is 9.80 Å². The van der Waals surface area contributed by atoms with Crippen LogP contribution in [0.4, 0.5) is 34.6 Å². The quantitative estimate of drug-likeness (QED) is 0.134. The third kappa shape index (κ3) is 8.28. The van der Waals surface area contributed by atoms with Crippen molar-refractivity contribution in [3.05, 3.63) is 215 Å². The second-order valence-electron chi connectivity index (χ2n) is 16.9. The summed E-state index contributed by atoms with van der Waals surface area (Å²) in [7, 11) is 0. The second kappa shape index (κ2) is 17.7. The minimum atomic E-state index is 0.358. The topological polar surface area (TPSA) is 83.8 Å². The van der Waals surface area contributed by atoms with E-state index in [-0.39, 0.29) is 0 Å². The van der Waals surface area contributed by atoms with Crippen LogP contribution < -0.4 is 9.80 Å². The molecule has 0 aliphatic rings. The van der Waals surface area contributed by atoms with E-state index in [1.807, 2.05) is 108 Å². The molecule has 66 heavy (non-hydrogen) atoms. The number of rotatable bonds is 10. The van der Waals surface area contributed by atoms with Crippen molar-refractivity contribution in [1.29, 1.82) is 0 Å². The number of benzene rings is 8. The molecule has 2 heterocycles. The van der Waals surface area contributed by atoms with Crippen molar-refractivity contribution in [2.24, 2.45) is 0 Å². The van der Waals surface area contributed by atoms with Crippen molar-refractivity contribution < 1.29 is 0 Å². The molecule has 8 heteroatoms. The van der Waals surface area contributed by atoms with Crippen LogP contribution in [0.5, 0.6) is 0 Å². The van der Waals surface area contributed by atoms with Gasteiger partial charge in [0, 0.05) is 27.9 Å². The standard InChI is InChI=1S/C58H48N8/c1-37-32-39(3)51(40(4)33-37)65(52-41(5)34-38(2)35-42(52)6)49-28-30-50(31-29-49)66(57-61-53(44-19-10-7-11-20-44)59-54(62-57)45-21-12-8-13-22-45)58-63-55(46-23-14-9-15-24-46)60-56(64-58)48-27-26-43-18-16-17-25-47(43)36-48/h7-36H,1-6H3. The highest BCUT2D eigenvalue weighted by Gasteiger charge is 2.26. The molecule has 0 saturated carbocycles. The summed E-state index contributed by atoms with van der Waals surface area (Å²) in [4.78, 5) is 35.5. The van der Waals surface area contributed by atoms with Crippen molar-refractivity contribution in [2.45, 2.75) is 41.5 Å². The van der Waals surface area contributed by atoms with Crippen molar-refractivity contribution in [3.8, 4) is 45.6 Å². The van der Waals surface area contributed by atoms with Crippen LogP contribution in [0.1, 0.15) is 33.4 Å². The van der Waals surface area contributed by atoms with E-state index in [0.29, 0.717) is 35.2 Å². The van der Waals surface area contributed by atoms with Gasteiger partial charge in [-0.3, -0.25) is 0 Å². The van der Waals surface area contributed by atoms with Gasteiger partial charge in [0.05, 0.1) is 17.1 Å². The van der Waals surface area contributed by atoms with Crippen LogP contribution in [0.25, 0.3) is 56.3 Å². The van der Waals surface area contributed by atoms with Gasteiger partial charge in [0.15, 0.2) is 23.3 Å². The van der Waals surface area contributed by atoms with Crippen LogP contribution in [-0.2, 0) is 0 Å². The van der Waals surface area contributed by atoms with E-state index >= 15 is 0 Å². The molecule has 0 N–H and O–H groups in total. The first-order valence-electron chi connectivity index (χ1n) is 22.2. The smallest absolute Gasteiger partial charge is 0.241 e. The molecule has 0 bridgehead atoms. The fourth-order valence-electron chi connectivity index (χ4n) is 9.03. The predicted molar refractivity (Wildman–Crippen MR) is 270 cm³/mol. The van der Waals surface area contributed by atoms with E-state index in [0.717, 1.165) is 55.8 Å². The second-order valence-corrected chi connectivity index (χ2v) is 16.9. The minimum absolute atomic E-state index is 0.358. The van der Waals surface area contributed by atoms with E-state index in [9.17, 15) is 0 Å². The van der Waals surface area contributed by atoms with Gasteiger partial charge in [-0.1, -0.05) is 163 Å². The lowest BCUT2D eigenvalue weighted by molar-refractivity contribution is 0.964. The summed E-state index contributed by atoms with van der Waals surface area (Å²) in [5, 5.41) is 2.22. The summed E-state index contributed by atoms with van der Waals surface area (Å²) < 4.78 is 0. The van der Waals surface area contributed by atoms with E-state index in [1.165, 1.54) is 33.4 Å². The molecule has 2 aromatic heterocycles. The maximum absolute atomic E-state index is 5.30. The third-order valence-corrected chi connectivity index (χ3v) is 11.8. The van der Waals surface area contributed by atoms with Gasteiger partial charge >= 0.3 is 0 Å². The summed E-state index contributed by atoms with van der Waals surface area (Å²) >= 11 is 0. The Morgan fingerprint density at radius 2 is 0.636 bits per heavy atom. The maximum atomic E-state index is 5.30. The molecular formula is C58H48N8. The van der Waals surface area contributed by atoms with Crippen molar-refractivity contribution in [1.82, 2.24) is 29.9 Å². The molecule has 10 rings (SSSR count). The van der Waals surface area contributed by atoms with Crippen LogP contribution in [0.2, 0.25) is 0 Å². The number of anilines is 6. The first-order valence-corrected chi connectivity index (χ1v) is 22.2. The van der Waals surface area contributed by atoms with Gasteiger partial charge in [-0.2, -0.15) is 19.9 Å². The summed E-state index contributed by atoms with van der Waals surface area (Å²) in [5.74, 6) is 2.81. The molecule has 0 spiro atoms. The molecule has 8 nitrogen and oxygen atoms in total. The number of aromatic nitrogens is 6. The van der Waals surface area contributed by atoms with E-state index in [4.69, 9.17) is 29.9 Å². The van der Waals surface area contributed by atoms with Gasteiger partial charge < -0.3 is 4.90 Å². The SMILES string of the molecule is Cc1cc(C)c(N(c2ccc(N(c3nc(-c4ccccc4)nc(-c4ccccc4)n3)c3nc(-c4ccccc4)nc(-c4ccc5ccccc5c4)n3)cc2)c2c(C)cc(C)cc2C)c(C)c1. The lowest BCUT2D eigenvalue weighted by Gasteiger charge is -2.32. The molecule has 10 aromatic rings. The molecule has 0 saturated heterocycles. The summed E-state index contributed by atoms with van der Waals surface area (Å²) in [6.45, 7) is 13.1. The zero-order valence-corrected chi connectivity index (χ0v) is 37.9. The lowest BCUT2D eigenvalue weighted by atomic mass is 9.99. The first kappa shape index (κ1) is 41.6. The number of nitrogens with zero attached hydrogens (tertiary/aromatic N) is 8. The van der Waals surface area contributed by atoms with E-state index < -0.39 is 0 Å². The van der Waals surface area contributed by atoms with Crippen LogP contribution in [-0.4, -0.2) is 29.9 Å². The highest BCUT2D eigenvalue weighted by Crippen LogP contribution is 2.44. The highest BCUT2D eigenvalue weighted by molar-refractivity contribution is 5.88. The molecule has 8 aromatic carbocycles. The van der Waals surface area contributed by atoms with Crippen molar-refractivity contribution in [3.63, 3.8) is 0 Å². The molecule has 0 aliphatic carbocycles. The average Bonchev–Trinajstić information content (AvgIpc) is 3.34. The number of aryl methyl sites for hydroxylation is 6. The first-order chi connectivity index (χ1) is 32.2. The maximum Gasteiger partial charge on any atom is 0.241 e. The largest absolute Gasteiger partial charge is 0.309 e. The minimum Gasteiger partial charge on any atom is -0.309 e. The Morgan fingerprint density at radius 3 is 1.05 bits per heavy atom. The van der Waals surface area contributed by atoms with Crippen molar-refractivity contribution >= 4 is 45.4 Å². The molecule has 0 amide bonds. The predicted octanol–water partition coefficient (Wildman–Crippen LogP) is 14.7. The fraction of sp³-hybridized carbons (Fsp3) is 0.103. The Morgan fingerprint density at radius 1 is 0.288 bits per heavy atom. The van der Waals surface area contributed by atoms with Gasteiger partial charge in [-0.15, -0.1) is 0 Å². The number of hydrogen-bond acceptors (Lipinski definition) is 8. The summed E-state index contributed by atoms with van der Waals surface area (Å²) in [5.41, 5.74) is 14.8. The molecular weight excluding hydrogens is 809 g/mol. The molecule has 0 atom stereocenters. The Hall–Kier alpha value is -8.36. The Balaban J connectivity index is 1.22. The van der Waals surface area contributed by atoms with Crippen LogP contribution in [0, 0.1) is 41.5 Å². The fourth-order valence-corrected chi connectivity index (χ4v) is 9.03. The zero-order valence-electron chi connectivity index (χ0n) is 37.9. The van der Waals surface area contributed by atoms with Crippen LogP contribution in [0.3, 0.4) is 0 Å². The molecule has 0 aliphatic heterocycles. The monoisotopic (exact) mass is 856 g/mol. The van der Waals surface area contributed by atoms with Gasteiger partial charge in [-0.05, 0) is 105 Å². The normalized spacial score (nSPS) is 11.2. The summed E-state index contributed by atoms with van der Waals surface area (Å²) in [6.07, 6.45) is 0. The molecule has 0 radical (unpaired) electrons. The van der Waals surface area contributed by atoms with Gasteiger partial charge in [0.1, 0.15) is 0 Å². The third-order valence-electron chi connectivity index (χ3n) is 11.8. The molecule has 320 valence electrons. The Bertz CT molecular complexity index is 3210. The van der Waals surface area contributed by atoms with E-state index in [2.05, 4.69) is 125 Å². The summed E-state index contributed by atoms with van der Waals surface area (Å²) in [6, 6.07) is 62.2. The zero-order chi connectivity index (χ0) is 45.3. The lowest BCUT2D eigenvalue weighted by Crippen LogP contribution is -2.19. The van der Waals surface area contributed by atoms with E-state index in [1.54, 1.807) is 0 Å². The van der Waals surface area contributed by atoms with Crippen LogP contribution >= 0.6 is 0 Å². The average molecular weight is 857 g/mol. The van der Waals surface area contributed by atoms with Crippen LogP contribution in [0.15, 0.2) is 182 Å². The highest BCUT2D eigenvalue weighted by atomic mass is 15.4. The number of fused-ring (bicyclic) bond motifs is 1. The number of hydrogen-bond donors (Lipinski definition) is 0. The molecule has 0 fully saturated rings. The van der Waals surface area contributed by atoms with Gasteiger partial charge in [0.2, 0.25) is 11.9 Å².